The number of carbonyl (C=O) groups excluding carboxylic acids is 1. The highest BCUT2D eigenvalue weighted by atomic mass is 19.1. The molecular weight excluding hydrogens is 523 g/mol. The van der Waals surface area contributed by atoms with Gasteiger partial charge in [0.2, 0.25) is 5.91 Å². The number of amides is 1. The molecule has 0 aliphatic carbocycles. The lowest BCUT2D eigenvalue weighted by molar-refractivity contribution is -0.133. The number of carbonyl (C=O) groups is 1. The number of piperidine rings is 1. The van der Waals surface area contributed by atoms with Crippen LogP contribution in [-0.2, 0) is 4.79 Å². The molecule has 1 aliphatic heterocycles. The Morgan fingerprint density at radius 1 is 1.17 bits per heavy atom. The van der Waals surface area contributed by atoms with Gasteiger partial charge in [0.1, 0.15) is 29.7 Å². The molecule has 6 rings (SSSR count). The maximum atomic E-state index is 15.6. The van der Waals surface area contributed by atoms with E-state index in [2.05, 4.69) is 45.8 Å². The molecule has 4 aromatic heterocycles. The summed E-state index contributed by atoms with van der Waals surface area (Å²) < 4.78 is 23.1. The first-order chi connectivity index (χ1) is 19.7. The highest BCUT2D eigenvalue weighted by molar-refractivity contribution is 5.88. The molecule has 0 spiro atoms. The number of rotatable bonds is 6. The summed E-state index contributed by atoms with van der Waals surface area (Å²) in [6.07, 6.45) is 7.50. The molecule has 1 aromatic carbocycles. The summed E-state index contributed by atoms with van der Waals surface area (Å²) in [5.41, 5.74) is 2.95. The second-order valence-electron chi connectivity index (χ2n) is 10.7. The number of fused-ring (bicyclic) bond motifs is 2. The van der Waals surface area contributed by atoms with Crippen molar-refractivity contribution in [3.8, 4) is 11.5 Å². The minimum atomic E-state index is -0.463. The summed E-state index contributed by atoms with van der Waals surface area (Å²) in [6, 6.07) is 10.7. The average Bonchev–Trinajstić information content (AvgIpc) is 3.44. The highest BCUT2D eigenvalue weighted by Crippen LogP contribution is 2.38. The fourth-order valence-corrected chi connectivity index (χ4v) is 5.44. The Labute approximate surface area is 235 Å². The van der Waals surface area contributed by atoms with Crippen molar-refractivity contribution in [3.63, 3.8) is 0 Å². The lowest BCUT2D eigenvalue weighted by Gasteiger charge is -2.45. The molecule has 5 aromatic rings. The molecule has 0 saturated carbocycles. The molecule has 5 heterocycles. The van der Waals surface area contributed by atoms with Gasteiger partial charge in [-0.2, -0.15) is 5.10 Å². The molecule has 1 aliphatic rings. The van der Waals surface area contributed by atoms with Gasteiger partial charge in [-0.15, -0.1) is 0 Å². The van der Waals surface area contributed by atoms with Crippen molar-refractivity contribution in [2.45, 2.75) is 45.1 Å². The largest absolute Gasteiger partial charge is 0.457 e. The zero-order chi connectivity index (χ0) is 28.7. The van der Waals surface area contributed by atoms with Crippen molar-refractivity contribution in [1.29, 1.82) is 0 Å². The first-order valence-corrected chi connectivity index (χ1v) is 13.3. The van der Waals surface area contributed by atoms with Gasteiger partial charge in [-0.3, -0.25) is 4.79 Å². The molecule has 10 nitrogen and oxygen atoms in total. The van der Waals surface area contributed by atoms with Crippen LogP contribution in [0.3, 0.4) is 0 Å². The standard InChI is InChI=1S/C30H29FN8O2/c1-5-26(40)38-12-10-19(15-30(38,3)4)21-6-7-23-28(36-21)29(34-16-32-23)37-22-8-9-24(18(2)27(22)31)41-20-11-13-39-25(14-20)33-17-35-39/h5-9,11,13-14,16-17,19H,1,10,12,15H2,2-4H3,(H,32,34,37)/t19-/m0/s1. The second kappa shape index (κ2) is 10.2. The van der Waals surface area contributed by atoms with Crippen LogP contribution in [0.4, 0.5) is 15.9 Å². The third kappa shape index (κ3) is 4.94. The highest BCUT2D eigenvalue weighted by Gasteiger charge is 2.37. The summed E-state index contributed by atoms with van der Waals surface area (Å²) in [5, 5.41) is 7.19. The summed E-state index contributed by atoms with van der Waals surface area (Å²) in [6.45, 7) is 10.0. The number of benzene rings is 1. The van der Waals surface area contributed by atoms with Gasteiger partial charge in [-0.25, -0.2) is 28.8 Å². The van der Waals surface area contributed by atoms with Gasteiger partial charge in [-0.05, 0) is 70.0 Å². The van der Waals surface area contributed by atoms with Crippen LogP contribution in [0.5, 0.6) is 11.5 Å². The van der Waals surface area contributed by atoms with Gasteiger partial charge in [0, 0.05) is 41.5 Å². The number of ether oxygens (including phenoxy) is 1. The van der Waals surface area contributed by atoms with Crippen LogP contribution in [0.15, 0.2) is 67.9 Å². The zero-order valence-electron chi connectivity index (χ0n) is 23.0. The first kappa shape index (κ1) is 26.3. The molecule has 11 heteroatoms. The van der Waals surface area contributed by atoms with Gasteiger partial charge < -0.3 is 15.0 Å². The van der Waals surface area contributed by atoms with Gasteiger partial charge in [0.05, 0.1) is 11.2 Å². The van der Waals surface area contributed by atoms with E-state index in [1.165, 1.54) is 18.7 Å². The minimum absolute atomic E-state index is 0.0649. The van der Waals surface area contributed by atoms with Crippen molar-refractivity contribution in [3.05, 3.63) is 85.0 Å². The normalized spacial score (nSPS) is 16.6. The van der Waals surface area contributed by atoms with Crippen LogP contribution in [0.25, 0.3) is 16.7 Å². The number of hydrogen-bond acceptors (Lipinski definition) is 8. The number of hydrogen-bond donors (Lipinski definition) is 1. The van der Waals surface area contributed by atoms with Crippen molar-refractivity contribution >= 4 is 34.1 Å². The van der Waals surface area contributed by atoms with Gasteiger partial charge in [0.15, 0.2) is 17.3 Å². The predicted molar refractivity (Wildman–Crippen MR) is 153 cm³/mol. The van der Waals surface area contributed by atoms with E-state index in [0.717, 1.165) is 18.5 Å². The van der Waals surface area contributed by atoms with Crippen LogP contribution >= 0.6 is 0 Å². The third-order valence-corrected chi connectivity index (χ3v) is 7.61. The van der Waals surface area contributed by atoms with E-state index < -0.39 is 5.82 Å². The van der Waals surface area contributed by atoms with Gasteiger partial charge >= 0.3 is 0 Å². The number of anilines is 2. The molecule has 0 bridgehead atoms. The molecule has 1 saturated heterocycles. The fraction of sp³-hybridized carbons (Fsp3) is 0.267. The molecule has 41 heavy (non-hydrogen) atoms. The van der Waals surface area contributed by atoms with Crippen LogP contribution in [0, 0.1) is 12.7 Å². The van der Waals surface area contributed by atoms with E-state index in [4.69, 9.17) is 9.72 Å². The molecule has 1 fully saturated rings. The maximum absolute atomic E-state index is 15.6. The Morgan fingerprint density at radius 2 is 2.02 bits per heavy atom. The SMILES string of the molecule is C=CC(=O)N1CC[C@H](c2ccc3ncnc(Nc4ccc(Oc5ccn6ncnc6c5)c(C)c4F)c3n2)CC1(C)C. The molecule has 1 atom stereocenters. The number of nitrogens with one attached hydrogen (secondary N) is 1. The number of halogens is 1. The first-order valence-electron chi connectivity index (χ1n) is 13.3. The van der Waals surface area contributed by atoms with E-state index in [0.29, 0.717) is 46.1 Å². The monoisotopic (exact) mass is 552 g/mol. The average molecular weight is 553 g/mol. The number of likely N-dealkylation sites (tertiary alicyclic amines) is 1. The lowest BCUT2D eigenvalue weighted by Crippen LogP contribution is -2.51. The molecule has 208 valence electrons. The quantitative estimate of drug-likeness (QED) is 0.266. The Morgan fingerprint density at radius 3 is 2.83 bits per heavy atom. The van der Waals surface area contributed by atoms with Crippen LogP contribution in [-0.4, -0.2) is 52.4 Å². The van der Waals surface area contributed by atoms with Gasteiger partial charge in [0.25, 0.3) is 0 Å². The Kier molecular flexibility index (Phi) is 6.56. The Hall–Kier alpha value is -4.93. The minimum Gasteiger partial charge on any atom is -0.457 e. The van der Waals surface area contributed by atoms with Crippen molar-refractivity contribution < 1.29 is 13.9 Å². The third-order valence-electron chi connectivity index (χ3n) is 7.61. The molecule has 1 amide bonds. The summed E-state index contributed by atoms with van der Waals surface area (Å²) in [5.74, 6) is 0.923. The van der Waals surface area contributed by atoms with Gasteiger partial charge in [-0.1, -0.05) is 6.58 Å². The Balaban J connectivity index is 1.26. The van der Waals surface area contributed by atoms with Crippen LogP contribution < -0.4 is 10.1 Å². The zero-order valence-corrected chi connectivity index (χ0v) is 23.0. The van der Waals surface area contributed by atoms with Crippen molar-refractivity contribution in [1.82, 2.24) is 34.4 Å². The predicted octanol–water partition coefficient (Wildman–Crippen LogP) is 5.72. The number of nitrogens with zero attached hydrogens (tertiary/aromatic N) is 7. The molecule has 0 unspecified atom stereocenters. The lowest BCUT2D eigenvalue weighted by atomic mass is 9.80. The fourth-order valence-electron chi connectivity index (χ4n) is 5.44. The summed E-state index contributed by atoms with van der Waals surface area (Å²) in [7, 11) is 0. The van der Waals surface area contributed by atoms with Crippen molar-refractivity contribution in [2.24, 2.45) is 0 Å². The summed E-state index contributed by atoms with van der Waals surface area (Å²) in [4.78, 5) is 32.0. The summed E-state index contributed by atoms with van der Waals surface area (Å²) >= 11 is 0. The van der Waals surface area contributed by atoms with Crippen LogP contribution in [0.1, 0.15) is 43.9 Å². The topological polar surface area (TPSA) is 110 Å². The van der Waals surface area contributed by atoms with E-state index >= 15 is 4.39 Å². The molecular formula is C30H29FN8O2. The molecule has 1 N–H and O–H groups in total. The van der Waals surface area contributed by atoms with Crippen molar-refractivity contribution in [2.75, 3.05) is 11.9 Å². The number of aromatic nitrogens is 6. The second-order valence-corrected chi connectivity index (χ2v) is 10.7. The smallest absolute Gasteiger partial charge is 0.246 e. The maximum Gasteiger partial charge on any atom is 0.246 e. The number of pyridine rings is 2. The van der Waals surface area contributed by atoms with Crippen LogP contribution in [0.2, 0.25) is 0 Å². The van der Waals surface area contributed by atoms with E-state index in [1.807, 2.05) is 17.0 Å². The van der Waals surface area contributed by atoms with E-state index in [9.17, 15) is 4.79 Å². The molecule has 0 radical (unpaired) electrons. The Bertz CT molecular complexity index is 1800. The van der Waals surface area contributed by atoms with E-state index in [-0.39, 0.29) is 23.1 Å². The van der Waals surface area contributed by atoms with E-state index in [1.54, 1.807) is 41.9 Å².